The Hall–Kier alpha value is -4.62. The van der Waals surface area contributed by atoms with Gasteiger partial charge in [-0.15, -0.1) is 5.92 Å². The van der Waals surface area contributed by atoms with Crippen LogP contribution in [0.15, 0.2) is 58.1 Å². The van der Waals surface area contributed by atoms with Crippen LogP contribution >= 0.6 is 0 Å². The van der Waals surface area contributed by atoms with E-state index in [4.69, 9.17) is 10.7 Å². The number of aromatic nitrogens is 5. The summed E-state index contributed by atoms with van der Waals surface area (Å²) in [5, 5.41) is 16.0. The van der Waals surface area contributed by atoms with Crippen molar-refractivity contribution in [3.8, 4) is 11.8 Å². The lowest BCUT2D eigenvalue weighted by Crippen LogP contribution is -2.44. The van der Waals surface area contributed by atoms with Gasteiger partial charge in [0.05, 0.1) is 17.3 Å². The second kappa shape index (κ2) is 9.60. The zero-order valence-corrected chi connectivity index (χ0v) is 21.9. The Bertz CT molecular complexity index is 1940. The number of rotatable bonds is 4. The lowest BCUT2D eigenvalue weighted by atomic mass is 10.0. The Morgan fingerprint density at radius 3 is 2.54 bits per heavy atom. The highest BCUT2D eigenvalue weighted by molar-refractivity contribution is 6.04. The Kier molecular flexibility index (Phi) is 6.08. The summed E-state index contributed by atoms with van der Waals surface area (Å²) in [7, 11) is 1.60. The lowest BCUT2D eigenvalue weighted by molar-refractivity contribution is -0.584. The second-order valence-corrected chi connectivity index (χ2v) is 9.98. The SMILES string of the molecule is CC#CCn1c(N2CCC[C@@H](N)C2)nc2c1c(=O)n(Cc1c3ccccc3c3ccccc3[n+]1[O-])c(=O)n2C. The largest absolute Gasteiger partial charge is 0.618 e. The number of aryl methyl sites for hydroxylation is 1. The van der Waals surface area contributed by atoms with Crippen LogP contribution in [0.2, 0.25) is 0 Å². The van der Waals surface area contributed by atoms with E-state index in [1.54, 1.807) is 30.7 Å². The fourth-order valence-electron chi connectivity index (χ4n) is 5.64. The summed E-state index contributed by atoms with van der Waals surface area (Å²) in [6.07, 6.45) is 1.83. The van der Waals surface area contributed by atoms with E-state index < -0.39 is 11.2 Å². The highest BCUT2D eigenvalue weighted by atomic mass is 16.5. The van der Waals surface area contributed by atoms with E-state index in [9.17, 15) is 14.8 Å². The van der Waals surface area contributed by atoms with Gasteiger partial charge in [-0.05, 0) is 31.9 Å². The smallest absolute Gasteiger partial charge is 0.333 e. The van der Waals surface area contributed by atoms with Crippen LogP contribution < -0.4 is 26.6 Å². The Morgan fingerprint density at radius 2 is 1.79 bits per heavy atom. The van der Waals surface area contributed by atoms with Gasteiger partial charge in [0, 0.05) is 37.6 Å². The Balaban J connectivity index is 1.60. The number of fused-ring (bicyclic) bond motifs is 4. The minimum atomic E-state index is -0.544. The van der Waals surface area contributed by atoms with Crippen molar-refractivity contribution in [3.05, 3.63) is 80.3 Å². The minimum absolute atomic E-state index is 0.00145. The molecular formula is C29H29N7O3. The minimum Gasteiger partial charge on any atom is -0.618 e. The van der Waals surface area contributed by atoms with E-state index in [0.717, 1.165) is 39.5 Å². The monoisotopic (exact) mass is 523 g/mol. The fourth-order valence-corrected chi connectivity index (χ4v) is 5.64. The molecule has 3 aromatic heterocycles. The van der Waals surface area contributed by atoms with Crippen molar-refractivity contribution in [2.24, 2.45) is 12.8 Å². The highest BCUT2D eigenvalue weighted by Gasteiger charge is 2.27. The number of imidazole rings is 1. The molecule has 0 saturated carbocycles. The molecule has 2 N–H and O–H groups in total. The van der Waals surface area contributed by atoms with E-state index in [-0.39, 0.29) is 30.3 Å². The number of pyridine rings is 1. The molecule has 6 rings (SSSR count). The molecule has 4 heterocycles. The quantitative estimate of drug-likeness (QED) is 0.166. The van der Waals surface area contributed by atoms with Crippen LogP contribution in [0, 0.1) is 17.0 Å². The molecule has 1 aliphatic rings. The van der Waals surface area contributed by atoms with Crippen LogP contribution in [0.5, 0.6) is 0 Å². The van der Waals surface area contributed by atoms with Gasteiger partial charge in [-0.25, -0.2) is 9.36 Å². The van der Waals surface area contributed by atoms with E-state index in [1.807, 2.05) is 36.4 Å². The summed E-state index contributed by atoms with van der Waals surface area (Å²) in [6, 6.07) is 14.9. The third-order valence-corrected chi connectivity index (χ3v) is 7.57. The van der Waals surface area contributed by atoms with Crippen molar-refractivity contribution >= 4 is 38.8 Å². The first-order valence-corrected chi connectivity index (χ1v) is 13.0. The molecule has 1 fully saturated rings. The predicted molar refractivity (Wildman–Crippen MR) is 152 cm³/mol. The molecule has 0 bridgehead atoms. The molecule has 5 aromatic rings. The average Bonchev–Trinajstić information content (AvgIpc) is 3.34. The average molecular weight is 524 g/mol. The molecule has 10 nitrogen and oxygen atoms in total. The lowest BCUT2D eigenvalue weighted by Gasteiger charge is -2.31. The third-order valence-electron chi connectivity index (χ3n) is 7.57. The number of para-hydroxylation sites is 1. The van der Waals surface area contributed by atoms with Gasteiger partial charge in [-0.3, -0.25) is 13.9 Å². The maximum Gasteiger partial charge on any atom is 0.333 e. The topological polar surface area (TPSA) is 118 Å². The van der Waals surface area contributed by atoms with Gasteiger partial charge in [0.15, 0.2) is 11.2 Å². The van der Waals surface area contributed by atoms with E-state index in [1.165, 1.54) is 4.57 Å². The van der Waals surface area contributed by atoms with Gasteiger partial charge in [-0.2, -0.15) is 9.71 Å². The predicted octanol–water partition coefficient (Wildman–Crippen LogP) is 1.84. The summed E-state index contributed by atoms with van der Waals surface area (Å²) in [6.45, 7) is 3.14. The maximum atomic E-state index is 14.0. The molecule has 0 spiro atoms. The fraction of sp³-hybridized carbons (Fsp3) is 0.310. The van der Waals surface area contributed by atoms with E-state index in [2.05, 4.69) is 16.7 Å². The van der Waals surface area contributed by atoms with Crippen molar-refractivity contribution in [1.82, 2.24) is 18.7 Å². The molecule has 0 unspecified atom stereocenters. The number of nitrogens with two attached hydrogens (primary N) is 1. The summed E-state index contributed by atoms with van der Waals surface area (Å²) in [4.78, 5) is 34.4. The first-order valence-electron chi connectivity index (χ1n) is 13.0. The second-order valence-electron chi connectivity index (χ2n) is 9.98. The van der Waals surface area contributed by atoms with Gasteiger partial charge in [-0.1, -0.05) is 36.3 Å². The molecule has 2 aromatic carbocycles. The zero-order valence-electron chi connectivity index (χ0n) is 21.9. The molecule has 1 saturated heterocycles. The summed E-state index contributed by atoms with van der Waals surface area (Å²) in [5.74, 6) is 6.51. The maximum absolute atomic E-state index is 14.0. The molecule has 39 heavy (non-hydrogen) atoms. The zero-order chi connectivity index (χ0) is 27.3. The molecule has 10 heteroatoms. The normalized spacial score (nSPS) is 15.7. The van der Waals surface area contributed by atoms with Gasteiger partial charge < -0.3 is 15.8 Å². The third kappa shape index (κ3) is 3.94. The number of nitrogens with zero attached hydrogens (tertiary/aromatic N) is 6. The van der Waals surface area contributed by atoms with Crippen LogP contribution in [0.3, 0.4) is 0 Å². The van der Waals surface area contributed by atoms with Crippen molar-refractivity contribution in [3.63, 3.8) is 0 Å². The Labute approximate surface area is 224 Å². The van der Waals surface area contributed by atoms with Crippen molar-refractivity contribution in [2.45, 2.75) is 38.9 Å². The van der Waals surface area contributed by atoms with Crippen molar-refractivity contribution in [1.29, 1.82) is 0 Å². The summed E-state index contributed by atoms with van der Waals surface area (Å²) in [5.41, 5.74) is 6.54. The molecule has 198 valence electrons. The molecule has 0 aliphatic carbocycles. The van der Waals surface area contributed by atoms with Crippen LogP contribution in [-0.4, -0.2) is 37.8 Å². The van der Waals surface area contributed by atoms with E-state index in [0.29, 0.717) is 29.1 Å². The number of benzene rings is 2. The van der Waals surface area contributed by atoms with Crippen LogP contribution in [0.1, 0.15) is 25.5 Å². The standard InChI is InChI=1S/C29H29N7O3/c1-3-4-16-34-25-26(31-28(34)33-15-9-10-19(30)17-33)32(2)29(38)35(27(25)37)18-24-22-13-6-5-11-20(22)21-12-7-8-14-23(21)36(24)39/h5-8,11-14,19H,9-10,15-18,30H2,1-2H3/t19-/m1/s1. The van der Waals surface area contributed by atoms with Crippen LogP contribution in [0.25, 0.3) is 32.8 Å². The highest BCUT2D eigenvalue weighted by Crippen LogP contribution is 2.26. The summed E-state index contributed by atoms with van der Waals surface area (Å²) >= 11 is 0. The van der Waals surface area contributed by atoms with Crippen LogP contribution in [-0.2, 0) is 20.1 Å². The van der Waals surface area contributed by atoms with Gasteiger partial charge >= 0.3 is 5.69 Å². The van der Waals surface area contributed by atoms with E-state index >= 15 is 0 Å². The van der Waals surface area contributed by atoms with Crippen LogP contribution in [0.4, 0.5) is 5.95 Å². The van der Waals surface area contributed by atoms with Crippen molar-refractivity contribution < 1.29 is 4.73 Å². The first kappa shape index (κ1) is 24.7. The molecule has 1 atom stereocenters. The van der Waals surface area contributed by atoms with Crippen molar-refractivity contribution in [2.75, 3.05) is 18.0 Å². The first-order chi connectivity index (χ1) is 18.9. The molecule has 1 aliphatic heterocycles. The number of piperidine rings is 1. The number of hydrogen-bond donors (Lipinski definition) is 1. The van der Waals surface area contributed by atoms with Gasteiger partial charge in [0.1, 0.15) is 6.54 Å². The molecule has 0 radical (unpaired) electrons. The number of anilines is 1. The molecular weight excluding hydrogens is 494 g/mol. The Morgan fingerprint density at radius 1 is 1.08 bits per heavy atom. The van der Waals surface area contributed by atoms with Gasteiger partial charge in [0.2, 0.25) is 17.2 Å². The molecule has 0 amide bonds. The summed E-state index contributed by atoms with van der Waals surface area (Å²) < 4.78 is 5.09. The number of hydrogen-bond acceptors (Lipinski definition) is 6. The van der Waals surface area contributed by atoms with Gasteiger partial charge in [0.25, 0.3) is 5.56 Å².